The third-order valence-corrected chi connectivity index (χ3v) is 3.86. The van der Waals surface area contributed by atoms with Crippen LogP contribution in [0.15, 0.2) is 30.3 Å². The number of hydrogen-bond donors (Lipinski definition) is 2. The molecular weight excluding hydrogens is 352 g/mol. The molecule has 1 aromatic carbocycles. The molecule has 6 nitrogen and oxygen atoms in total. The molecule has 0 spiro atoms. The topological polar surface area (TPSA) is 68.2 Å². The number of amides is 1. The number of anilines is 1. The van der Waals surface area contributed by atoms with Gasteiger partial charge in [0.1, 0.15) is 5.82 Å². The smallest absolute Gasteiger partial charge is 0.239 e. The van der Waals surface area contributed by atoms with Gasteiger partial charge in [0.2, 0.25) is 5.91 Å². The molecule has 1 heterocycles. The van der Waals surface area contributed by atoms with Crippen molar-refractivity contribution in [3.05, 3.63) is 41.6 Å². The number of benzene rings is 1. The number of ether oxygens (including phenoxy) is 1. The Kier molecular flexibility index (Phi) is 8.27. The molecule has 0 saturated heterocycles. The molecule has 0 unspecified atom stereocenters. The van der Waals surface area contributed by atoms with E-state index in [9.17, 15) is 4.79 Å². The summed E-state index contributed by atoms with van der Waals surface area (Å²) < 4.78 is 6.77. The number of hydrogen-bond acceptors (Lipinski definition) is 4. The molecule has 0 bridgehead atoms. The van der Waals surface area contributed by atoms with Gasteiger partial charge in [0, 0.05) is 25.1 Å². The van der Waals surface area contributed by atoms with Crippen LogP contribution in [0.3, 0.4) is 0 Å². The van der Waals surface area contributed by atoms with Crippen LogP contribution in [0.4, 0.5) is 5.82 Å². The molecule has 1 amide bonds. The van der Waals surface area contributed by atoms with Gasteiger partial charge in [-0.2, -0.15) is 5.10 Å². The number of methoxy groups -OCH3 is 1. The first-order valence-electron chi connectivity index (χ1n) is 8.49. The van der Waals surface area contributed by atoms with Gasteiger partial charge < -0.3 is 15.4 Å². The van der Waals surface area contributed by atoms with Crippen LogP contribution in [0.1, 0.15) is 32.0 Å². The highest BCUT2D eigenvalue weighted by Gasteiger charge is 2.21. The third kappa shape index (κ3) is 5.83. The van der Waals surface area contributed by atoms with Gasteiger partial charge in [0.05, 0.1) is 24.5 Å². The molecule has 2 aromatic rings. The molecular formula is C19H29ClN4O2. The summed E-state index contributed by atoms with van der Waals surface area (Å²) in [5.41, 5.74) is 2.88. The zero-order valence-corrected chi connectivity index (χ0v) is 16.9. The summed E-state index contributed by atoms with van der Waals surface area (Å²) in [6, 6.07) is 9.94. The summed E-state index contributed by atoms with van der Waals surface area (Å²) in [5.74, 6) is 0.573. The summed E-state index contributed by atoms with van der Waals surface area (Å²) in [4.78, 5) is 12.2. The number of halogens is 1. The molecule has 2 N–H and O–H groups in total. The zero-order chi connectivity index (χ0) is 18.4. The number of carbonyl (C=O) groups is 1. The maximum atomic E-state index is 12.2. The summed E-state index contributed by atoms with van der Waals surface area (Å²) in [6.07, 6.45) is 0. The van der Waals surface area contributed by atoms with Crippen LogP contribution in [0, 0.1) is 6.92 Å². The molecule has 0 aliphatic carbocycles. The minimum Gasteiger partial charge on any atom is -0.383 e. The minimum atomic E-state index is -0.107. The van der Waals surface area contributed by atoms with E-state index in [4.69, 9.17) is 9.84 Å². The standard InChI is InChI=1S/C19H28N4O2.ClH/c1-14-8-6-7-9-15(14)23-17(12-16(22-23)19(2,3)4)21-18(24)13-20-10-11-25-5;/h6-9,12,20H,10-11,13H2,1-5H3,(H,21,24);1H. The highest BCUT2D eigenvalue weighted by atomic mass is 35.5. The van der Waals surface area contributed by atoms with Gasteiger partial charge in [0.25, 0.3) is 0 Å². The van der Waals surface area contributed by atoms with Crippen molar-refractivity contribution >= 4 is 24.1 Å². The Labute approximate surface area is 161 Å². The summed E-state index contributed by atoms with van der Waals surface area (Å²) >= 11 is 0. The Hall–Kier alpha value is -1.89. The summed E-state index contributed by atoms with van der Waals surface area (Å²) in [5, 5.41) is 10.7. The van der Waals surface area contributed by atoms with Gasteiger partial charge in [-0.1, -0.05) is 39.0 Å². The zero-order valence-electron chi connectivity index (χ0n) is 16.1. The van der Waals surface area contributed by atoms with Crippen LogP contribution < -0.4 is 10.6 Å². The molecule has 0 radical (unpaired) electrons. The first kappa shape index (κ1) is 22.2. The fourth-order valence-electron chi connectivity index (χ4n) is 2.38. The number of carbonyl (C=O) groups excluding carboxylic acids is 1. The first-order valence-corrected chi connectivity index (χ1v) is 8.49. The Bertz CT molecular complexity index is 723. The van der Waals surface area contributed by atoms with E-state index in [-0.39, 0.29) is 30.3 Å². The lowest BCUT2D eigenvalue weighted by atomic mass is 9.92. The van der Waals surface area contributed by atoms with E-state index in [2.05, 4.69) is 31.4 Å². The average molecular weight is 381 g/mol. The Morgan fingerprint density at radius 1 is 1.27 bits per heavy atom. The van der Waals surface area contributed by atoms with Crippen molar-refractivity contribution in [1.29, 1.82) is 0 Å². The van der Waals surface area contributed by atoms with E-state index in [1.54, 1.807) is 7.11 Å². The monoisotopic (exact) mass is 380 g/mol. The van der Waals surface area contributed by atoms with Crippen molar-refractivity contribution in [1.82, 2.24) is 15.1 Å². The number of nitrogens with zero attached hydrogens (tertiary/aromatic N) is 2. The van der Waals surface area contributed by atoms with E-state index in [0.717, 1.165) is 16.9 Å². The second-order valence-corrected chi connectivity index (χ2v) is 7.08. The Morgan fingerprint density at radius 2 is 1.96 bits per heavy atom. The highest BCUT2D eigenvalue weighted by molar-refractivity contribution is 5.91. The Morgan fingerprint density at radius 3 is 2.58 bits per heavy atom. The summed E-state index contributed by atoms with van der Waals surface area (Å²) in [7, 11) is 1.64. The Balaban J connectivity index is 0.00000338. The second-order valence-electron chi connectivity index (χ2n) is 7.08. The van der Waals surface area contributed by atoms with Crippen molar-refractivity contribution in [3.63, 3.8) is 0 Å². The van der Waals surface area contributed by atoms with Crippen LogP contribution in [-0.4, -0.2) is 42.5 Å². The van der Waals surface area contributed by atoms with Gasteiger partial charge >= 0.3 is 0 Å². The average Bonchev–Trinajstić information content (AvgIpc) is 2.96. The molecule has 0 fully saturated rings. The van der Waals surface area contributed by atoms with Crippen molar-refractivity contribution in [2.24, 2.45) is 0 Å². The van der Waals surface area contributed by atoms with Crippen LogP contribution in [-0.2, 0) is 14.9 Å². The molecule has 0 aliphatic rings. The quantitative estimate of drug-likeness (QED) is 0.724. The van der Waals surface area contributed by atoms with E-state index in [1.807, 2.05) is 41.9 Å². The van der Waals surface area contributed by atoms with Crippen LogP contribution in [0.25, 0.3) is 5.69 Å². The molecule has 2 rings (SSSR count). The fourth-order valence-corrected chi connectivity index (χ4v) is 2.38. The van der Waals surface area contributed by atoms with Crippen molar-refractivity contribution in [2.45, 2.75) is 33.1 Å². The summed E-state index contributed by atoms with van der Waals surface area (Å²) in [6.45, 7) is 9.79. The lowest BCUT2D eigenvalue weighted by Gasteiger charge is -2.14. The predicted molar refractivity (Wildman–Crippen MR) is 108 cm³/mol. The van der Waals surface area contributed by atoms with Gasteiger partial charge in [-0.25, -0.2) is 4.68 Å². The van der Waals surface area contributed by atoms with Crippen LogP contribution in [0.5, 0.6) is 0 Å². The molecule has 7 heteroatoms. The van der Waals surface area contributed by atoms with Gasteiger partial charge in [-0.15, -0.1) is 12.4 Å². The van der Waals surface area contributed by atoms with Crippen molar-refractivity contribution in [2.75, 3.05) is 32.1 Å². The first-order chi connectivity index (χ1) is 11.8. The third-order valence-electron chi connectivity index (χ3n) is 3.86. The van der Waals surface area contributed by atoms with E-state index in [1.165, 1.54) is 0 Å². The molecule has 26 heavy (non-hydrogen) atoms. The lowest BCUT2D eigenvalue weighted by molar-refractivity contribution is -0.115. The van der Waals surface area contributed by atoms with Gasteiger partial charge in [0.15, 0.2) is 0 Å². The molecule has 144 valence electrons. The largest absolute Gasteiger partial charge is 0.383 e. The highest BCUT2D eigenvalue weighted by Crippen LogP contribution is 2.27. The molecule has 1 aromatic heterocycles. The normalized spacial score (nSPS) is 11.1. The van der Waals surface area contributed by atoms with Crippen molar-refractivity contribution < 1.29 is 9.53 Å². The fraction of sp³-hybridized carbons (Fsp3) is 0.474. The molecule has 0 aliphatic heterocycles. The van der Waals surface area contributed by atoms with E-state index >= 15 is 0 Å². The number of nitrogens with one attached hydrogen (secondary N) is 2. The van der Waals surface area contributed by atoms with Crippen molar-refractivity contribution in [3.8, 4) is 5.69 Å². The van der Waals surface area contributed by atoms with Crippen LogP contribution in [0.2, 0.25) is 0 Å². The van der Waals surface area contributed by atoms with E-state index < -0.39 is 0 Å². The van der Waals surface area contributed by atoms with Crippen LogP contribution >= 0.6 is 12.4 Å². The molecule has 0 atom stereocenters. The number of rotatable bonds is 7. The maximum absolute atomic E-state index is 12.2. The SMILES string of the molecule is COCCNCC(=O)Nc1cc(C(C)(C)C)nn1-c1ccccc1C.Cl. The van der Waals surface area contributed by atoms with Gasteiger partial charge in [-0.3, -0.25) is 4.79 Å². The number of para-hydroxylation sites is 1. The lowest BCUT2D eigenvalue weighted by Crippen LogP contribution is -2.30. The number of aromatic nitrogens is 2. The number of aryl methyl sites for hydroxylation is 1. The second kappa shape index (κ2) is 9.71. The molecule has 0 saturated carbocycles. The van der Waals surface area contributed by atoms with Gasteiger partial charge in [-0.05, 0) is 18.6 Å². The predicted octanol–water partition coefficient (Wildman–Crippen LogP) is 3.07. The van der Waals surface area contributed by atoms with E-state index in [0.29, 0.717) is 19.0 Å². The maximum Gasteiger partial charge on any atom is 0.239 e. The minimum absolute atomic E-state index is 0.